The summed E-state index contributed by atoms with van der Waals surface area (Å²) in [6.45, 7) is 6.42. The zero-order valence-corrected chi connectivity index (χ0v) is 14.8. The summed E-state index contributed by atoms with van der Waals surface area (Å²) in [6.07, 6.45) is 1.54. The Bertz CT molecular complexity index is 860. The lowest BCUT2D eigenvalue weighted by Crippen LogP contribution is -2.37. The Morgan fingerprint density at radius 2 is 2.00 bits per heavy atom. The molecular formula is C18H20N4OS. The highest BCUT2D eigenvalue weighted by molar-refractivity contribution is 7.22. The van der Waals surface area contributed by atoms with Crippen LogP contribution in [0.1, 0.15) is 19.4 Å². The van der Waals surface area contributed by atoms with Gasteiger partial charge in [-0.2, -0.15) is 0 Å². The first kappa shape index (κ1) is 16.4. The van der Waals surface area contributed by atoms with Gasteiger partial charge in [-0.15, -0.1) is 11.3 Å². The first-order valence-corrected chi connectivity index (χ1v) is 8.77. The molecule has 0 saturated carbocycles. The molecule has 1 aromatic carbocycles. The van der Waals surface area contributed by atoms with Crippen LogP contribution in [0.5, 0.6) is 0 Å². The van der Waals surface area contributed by atoms with Crippen LogP contribution in [0, 0.1) is 6.92 Å². The molecule has 0 bridgehead atoms. The van der Waals surface area contributed by atoms with E-state index in [1.807, 2.05) is 32.0 Å². The minimum absolute atomic E-state index is 0.0413. The van der Waals surface area contributed by atoms with Crippen molar-refractivity contribution in [2.24, 2.45) is 0 Å². The number of carbonyl (C=O) groups is 1. The summed E-state index contributed by atoms with van der Waals surface area (Å²) < 4.78 is 0. The minimum atomic E-state index is -0.359. The second-order valence-corrected chi connectivity index (χ2v) is 6.58. The van der Waals surface area contributed by atoms with Gasteiger partial charge in [0.1, 0.15) is 23.0 Å². The monoisotopic (exact) mass is 340 g/mol. The van der Waals surface area contributed by atoms with Crippen LogP contribution in [0.3, 0.4) is 0 Å². The van der Waals surface area contributed by atoms with Gasteiger partial charge in [-0.25, -0.2) is 9.97 Å². The number of thiophene rings is 1. The molecule has 2 N–H and O–H groups in total. The predicted molar refractivity (Wildman–Crippen MR) is 99.4 cm³/mol. The molecule has 0 saturated heterocycles. The minimum Gasteiger partial charge on any atom is -0.358 e. The Hall–Kier alpha value is -2.47. The van der Waals surface area contributed by atoms with Gasteiger partial charge in [-0.3, -0.25) is 4.79 Å². The van der Waals surface area contributed by atoms with E-state index in [1.54, 1.807) is 17.7 Å². The Kier molecular flexibility index (Phi) is 4.76. The van der Waals surface area contributed by atoms with Crippen LogP contribution in [0.2, 0.25) is 0 Å². The largest absolute Gasteiger partial charge is 0.358 e. The number of hydrogen-bond donors (Lipinski definition) is 2. The average molecular weight is 340 g/mol. The lowest BCUT2D eigenvalue weighted by Gasteiger charge is -2.14. The SMILES string of the molecule is CCNC(=O)C(C)Nc1ncnc2sc(-c3ccccc3)c(C)c12. The van der Waals surface area contributed by atoms with Crippen LogP contribution in [-0.4, -0.2) is 28.5 Å². The van der Waals surface area contributed by atoms with Gasteiger partial charge in [0.25, 0.3) is 0 Å². The molecular weight excluding hydrogens is 320 g/mol. The summed E-state index contributed by atoms with van der Waals surface area (Å²) in [5.74, 6) is 0.662. The Morgan fingerprint density at radius 1 is 1.25 bits per heavy atom. The molecule has 0 radical (unpaired) electrons. The summed E-state index contributed by atoms with van der Waals surface area (Å²) in [5.41, 5.74) is 2.30. The summed E-state index contributed by atoms with van der Waals surface area (Å²) in [5, 5.41) is 7.02. The molecule has 1 unspecified atom stereocenters. The first-order valence-electron chi connectivity index (χ1n) is 7.95. The van der Waals surface area contributed by atoms with Crippen LogP contribution >= 0.6 is 11.3 Å². The summed E-state index contributed by atoms with van der Waals surface area (Å²) in [4.78, 5) is 22.9. The van der Waals surface area contributed by atoms with Crippen molar-refractivity contribution in [2.75, 3.05) is 11.9 Å². The highest BCUT2D eigenvalue weighted by atomic mass is 32.1. The molecule has 0 aliphatic rings. The molecule has 1 amide bonds. The van der Waals surface area contributed by atoms with Gasteiger partial charge in [0.15, 0.2) is 0 Å². The van der Waals surface area contributed by atoms with Gasteiger partial charge < -0.3 is 10.6 Å². The number of aromatic nitrogens is 2. The van der Waals surface area contributed by atoms with Crippen molar-refractivity contribution >= 4 is 33.3 Å². The standard InChI is InChI=1S/C18H20N4OS/c1-4-19-17(23)12(3)22-16-14-11(2)15(13-8-6-5-7-9-13)24-18(14)21-10-20-16/h5-10,12H,4H2,1-3H3,(H,19,23)(H,20,21,22). The van der Waals surface area contributed by atoms with E-state index in [0.717, 1.165) is 15.8 Å². The predicted octanol–water partition coefficient (Wildman–Crippen LogP) is 3.60. The maximum Gasteiger partial charge on any atom is 0.242 e. The molecule has 3 rings (SSSR count). The maximum absolute atomic E-state index is 12.0. The van der Waals surface area contributed by atoms with Crippen LogP contribution in [0.25, 0.3) is 20.7 Å². The molecule has 0 fully saturated rings. The molecule has 2 aromatic heterocycles. The fourth-order valence-electron chi connectivity index (χ4n) is 2.64. The number of benzene rings is 1. The third-order valence-corrected chi connectivity index (χ3v) is 5.11. The van der Waals surface area contributed by atoms with Crippen molar-refractivity contribution in [1.82, 2.24) is 15.3 Å². The van der Waals surface area contributed by atoms with E-state index in [9.17, 15) is 4.79 Å². The third kappa shape index (κ3) is 3.10. The number of amides is 1. The van der Waals surface area contributed by atoms with E-state index in [-0.39, 0.29) is 11.9 Å². The smallest absolute Gasteiger partial charge is 0.242 e. The zero-order valence-electron chi connectivity index (χ0n) is 14.0. The average Bonchev–Trinajstić information content (AvgIpc) is 2.94. The van der Waals surface area contributed by atoms with Gasteiger partial charge in [-0.05, 0) is 31.9 Å². The van der Waals surface area contributed by atoms with E-state index in [4.69, 9.17) is 0 Å². The van der Waals surface area contributed by atoms with E-state index in [0.29, 0.717) is 12.4 Å². The number of rotatable bonds is 5. The van der Waals surface area contributed by atoms with Gasteiger partial charge in [0, 0.05) is 11.4 Å². The highest BCUT2D eigenvalue weighted by Crippen LogP contribution is 2.39. The Morgan fingerprint density at radius 3 is 2.71 bits per heavy atom. The lowest BCUT2D eigenvalue weighted by molar-refractivity contribution is -0.121. The molecule has 6 heteroatoms. The number of anilines is 1. The van der Waals surface area contributed by atoms with Gasteiger partial charge in [0.2, 0.25) is 5.91 Å². The molecule has 1 atom stereocenters. The van der Waals surface area contributed by atoms with Crippen molar-refractivity contribution < 1.29 is 4.79 Å². The maximum atomic E-state index is 12.0. The number of aryl methyl sites for hydroxylation is 1. The van der Waals surface area contributed by atoms with Crippen molar-refractivity contribution in [2.45, 2.75) is 26.8 Å². The van der Waals surface area contributed by atoms with Crippen LogP contribution < -0.4 is 10.6 Å². The number of carbonyl (C=O) groups excluding carboxylic acids is 1. The van der Waals surface area contributed by atoms with E-state index < -0.39 is 0 Å². The fourth-order valence-corrected chi connectivity index (χ4v) is 3.80. The lowest BCUT2D eigenvalue weighted by atomic mass is 10.1. The highest BCUT2D eigenvalue weighted by Gasteiger charge is 2.18. The van der Waals surface area contributed by atoms with Crippen LogP contribution in [0.4, 0.5) is 5.82 Å². The number of likely N-dealkylation sites (N-methyl/N-ethyl adjacent to an activating group) is 1. The van der Waals surface area contributed by atoms with Crippen molar-refractivity contribution in [3.63, 3.8) is 0 Å². The number of nitrogens with one attached hydrogen (secondary N) is 2. The van der Waals surface area contributed by atoms with Crippen molar-refractivity contribution in [3.05, 3.63) is 42.2 Å². The molecule has 0 spiro atoms. The van der Waals surface area contributed by atoms with E-state index in [1.165, 1.54) is 10.4 Å². The Labute approximate surface area is 145 Å². The van der Waals surface area contributed by atoms with Gasteiger partial charge in [0.05, 0.1) is 5.39 Å². The third-order valence-electron chi connectivity index (χ3n) is 3.86. The molecule has 5 nitrogen and oxygen atoms in total. The molecule has 0 aliphatic carbocycles. The summed E-state index contributed by atoms with van der Waals surface area (Å²) in [6, 6.07) is 9.89. The van der Waals surface area contributed by atoms with E-state index >= 15 is 0 Å². The van der Waals surface area contributed by atoms with Crippen LogP contribution in [-0.2, 0) is 4.79 Å². The second-order valence-electron chi connectivity index (χ2n) is 5.59. The first-order chi connectivity index (χ1) is 11.6. The molecule has 124 valence electrons. The molecule has 24 heavy (non-hydrogen) atoms. The number of nitrogens with zero attached hydrogens (tertiary/aromatic N) is 2. The normalized spacial score (nSPS) is 12.1. The number of fused-ring (bicyclic) bond motifs is 1. The zero-order chi connectivity index (χ0) is 17.1. The van der Waals surface area contributed by atoms with Crippen LogP contribution in [0.15, 0.2) is 36.7 Å². The van der Waals surface area contributed by atoms with Crippen molar-refractivity contribution in [1.29, 1.82) is 0 Å². The fraction of sp³-hybridized carbons (Fsp3) is 0.278. The molecule has 2 heterocycles. The Balaban J connectivity index is 2.01. The van der Waals surface area contributed by atoms with Gasteiger partial charge in [-0.1, -0.05) is 30.3 Å². The van der Waals surface area contributed by atoms with E-state index in [2.05, 4.69) is 39.7 Å². The molecule has 3 aromatic rings. The van der Waals surface area contributed by atoms with Crippen molar-refractivity contribution in [3.8, 4) is 10.4 Å². The molecule has 0 aliphatic heterocycles. The summed E-state index contributed by atoms with van der Waals surface area (Å²) >= 11 is 1.65. The summed E-state index contributed by atoms with van der Waals surface area (Å²) in [7, 11) is 0. The topological polar surface area (TPSA) is 66.9 Å². The second kappa shape index (κ2) is 6.97. The quantitative estimate of drug-likeness (QED) is 0.745. The van der Waals surface area contributed by atoms with Gasteiger partial charge >= 0.3 is 0 Å². The number of hydrogen-bond acceptors (Lipinski definition) is 5.